The summed E-state index contributed by atoms with van der Waals surface area (Å²) in [5.74, 6) is 0. The molecule has 0 spiro atoms. The molecular formula is C18H9NO2S3. The molecule has 0 saturated heterocycles. The number of rotatable bonds is 1. The summed E-state index contributed by atoms with van der Waals surface area (Å²) < 4.78 is 1.21. The first kappa shape index (κ1) is 14.3. The normalized spacial score (nSPS) is 14.5. The van der Waals surface area contributed by atoms with Gasteiger partial charge in [0.2, 0.25) is 0 Å². The van der Waals surface area contributed by atoms with E-state index in [2.05, 4.69) is 22.9 Å². The Morgan fingerprint density at radius 2 is 1.50 bits per heavy atom. The van der Waals surface area contributed by atoms with Gasteiger partial charge in [0.15, 0.2) is 0 Å². The SMILES string of the molecule is O=[N+]([O-])c1ccc2c(c1)C(=C1Sc3cscc3S1)c1ccccc1-2. The second kappa shape index (κ2) is 5.24. The Hall–Kier alpha value is -2.02. The number of hydrogen-bond donors (Lipinski definition) is 0. The molecule has 3 aromatic rings. The average molecular weight is 367 g/mol. The van der Waals surface area contributed by atoms with Crippen molar-refractivity contribution < 1.29 is 4.92 Å². The van der Waals surface area contributed by atoms with E-state index in [0.717, 1.165) is 27.8 Å². The van der Waals surface area contributed by atoms with Crippen LogP contribution in [0, 0.1) is 10.1 Å². The zero-order chi connectivity index (χ0) is 16.3. The van der Waals surface area contributed by atoms with E-state index >= 15 is 0 Å². The van der Waals surface area contributed by atoms with Gasteiger partial charge in [0, 0.05) is 38.3 Å². The molecule has 2 aromatic carbocycles. The minimum Gasteiger partial charge on any atom is -0.258 e. The van der Waals surface area contributed by atoms with Crippen LogP contribution < -0.4 is 0 Å². The molecule has 2 aliphatic rings. The second-order valence-electron chi connectivity index (χ2n) is 5.50. The van der Waals surface area contributed by atoms with Crippen LogP contribution in [-0.2, 0) is 0 Å². The highest BCUT2D eigenvalue weighted by atomic mass is 32.2. The Bertz CT molecular complexity index is 1030. The van der Waals surface area contributed by atoms with Crippen LogP contribution in [0.3, 0.4) is 0 Å². The predicted molar refractivity (Wildman–Crippen MR) is 101 cm³/mol. The van der Waals surface area contributed by atoms with Crippen molar-refractivity contribution in [3.05, 3.63) is 78.7 Å². The first-order valence-electron chi connectivity index (χ1n) is 7.27. The number of nitro benzene ring substituents is 1. The Kier molecular flexibility index (Phi) is 3.13. The molecule has 2 heterocycles. The molecule has 1 aliphatic carbocycles. The standard InChI is InChI=1S/C18H9NO2S3/c20-19(21)10-5-6-12-11-3-1-2-4-13(11)17(14(12)7-10)18-23-15-8-22-9-16(15)24-18/h1-9H. The monoisotopic (exact) mass is 367 g/mol. The molecule has 0 unspecified atom stereocenters. The van der Waals surface area contributed by atoms with Crippen molar-refractivity contribution >= 4 is 46.1 Å². The fraction of sp³-hybridized carbons (Fsp3) is 0. The zero-order valence-corrected chi connectivity index (χ0v) is 14.6. The lowest BCUT2D eigenvalue weighted by Crippen LogP contribution is -1.90. The molecule has 24 heavy (non-hydrogen) atoms. The van der Waals surface area contributed by atoms with Crippen LogP contribution in [0.5, 0.6) is 0 Å². The first-order valence-corrected chi connectivity index (χ1v) is 9.85. The van der Waals surface area contributed by atoms with Crippen molar-refractivity contribution in [2.45, 2.75) is 9.79 Å². The van der Waals surface area contributed by atoms with Gasteiger partial charge in [-0.3, -0.25) is 10.1 Å². The van der Waals surface area contributed by atoms with Gasteiger partial charge in [-0.1, -0.05) is 47.8 Å². The number of nitro groups is 1. The maximum Gasteiger partial charge on any atom is 0.270 e. The van der Waals surface area contributed by atoms with Gasteiger partial charge in [0.05, 0.1) is 9.16 Å². The summed E-state index contributed by atoms with van der Waals surface area (Å²) in [5, 5.41) is 15.5. The van der Waals surface area contributed by atoms with Gasteiger partial charge in [-0.2, -0.15) is 11.3 Å². The smallest absolute Gasteiger partial charge is 0.258 e. The van der Waals surface area contributed by atoms with E-state index in [4.69, 9.17) is 0 Å². The number of fused-ring (bicyclic) bond motifs is 4. The summed E-state index contributed by atoms with van der Waals surface area (Å²) in [6, 6.07) is 13.4. The highest BCUT2D eigenvalue weighted by molar-refractivity contribution is 8.25. The van der Waals surface area contributed by atoms with Gasteiger partial charge in [-0.05, 0) is 28.3 Å². The van der Waals surface area contributed by atoms with E-state index in [-0.39, 0.29) is 10.6 Å². The van der Waals surface area contributed by atoms with Crippen molar-refractivity contribution in [2.24, 2.45) is 0 Å². The number of benzene rings is 2. The summed E-state index contributed by atoms with van der Waals surface area (Å²) >= 11 is 5.24. The minimum atomic E-state index is -0.323. The molecule has 5 rings (SSSR count). The van der Waals surface area contributed by atoms with E-state index < -0.39 is 0 Å². The number of hydrogen-bond acceptors (Lipinski definition) is 5. The van der Waals surface area contributed by atoms with E-state index in [1.165, 1.54) is 14.0 Å². The fourth-order valence-corrected chi connectivity index (χ4v) is 6.89. The number of nitrogens with zero attached hydrogens (tertiary/aromatic N) is 1. The Morgan fingerprint density at radius 3 is 2.21 bits per heavy atom. The summed E-state index contributed by atoms with van der Waals surface area (Å²) in [6.07, 6.45) is 0. The molecule has 1 aromatic heterocycles. The van der Waals surface area contributed by atoms with Gasteiger partial charge < -0.3 is 0 Å². The highest BCUT2D eigenvalue weighted by Gasteiger charge is 2.31. The van der Waals surface area contributed by atoms with E-state index in [9.17, 15) is 10.1 Å². The molecule has 0 atom stereocenters. The minimum absolute atomic E-state index is 0.141. The van der Waals surface area contributed by atoms with Crippen LogP contribution >= 0.6 is 34.9 Å². The molecule has 0 radical (unpaired) electrons. The third kappa shape index (κ3) is 2.00. The third-order valence-corrected chi connectivity index (χ3v) is 7.74. The van der Waals surface area contributed by atoms with Crippen molar-refractivity contribution in [2.75, 3.05) is 0 Å². The van der Waals surface area contributed by atoms with Crippen LogP contribution in [0.2, 0.25) is 0 Å². The van der Waals surface area contributed by atoms with Gasteiger partial charge in [-0.15, -0.1) is 0 Å². The lowest BCUT2D eigenvalue weighted by molar-refractivity contribution is -0.384. The number of thiophene rings is 1. The molecule has 6 heteroatoms. The lowest BCUT2D eigenvalue weighted by atomic mass is 10.1. The summed E-state index contributed by atoms with van der Waals surface area (Å²) in [7, 11) is 0. The third-order valence-electron chi connectivity index (χ3n) is 4.17. The highest BCUT2D eigenvalue weighted by Crippen LogP contribution is 2.59. The molecule has 0 amide bonds. The molecule has 1 aliphatic heterocycles. The van der Waals surface area contributed by atoms with E-state index in [1.807, 2.05) is 18.2 Å². The van der Waals surface area contributed by atoms with Crippen molar-refractivity contribution in [3.8, 4) is 11.1 Å². The van der Waals surface area contributed by atoms with E-state index in [1.54, 1.807) is 47.0 Å². The van der Waals surface area contributed by atoms with Gasteiger partial charge in [0.1, 0.15) is 0 Å². The fourth-order valence-electron chi connectivity index (χ4n) is 3.13. The maximum absolute atomic E-state index is 11.2. The number of thioether (sulfide) groups is 2. The topological polar surface area (TPSA) is 43.1 Å². The first-order chi connectivity index (χ1) is 11.7. The maximum atomic E-state index is 11.2. The molecule has 0 N–H and O–H groups in total. The molecular weight excluding hydrogens is 358 g/mol. The summed E-state index contributed by atoms with van der Waals surface area (Å²) in [6.45, 7) is 0. The van der Waals surface area contributed by atoms with Crippen molar-refractivity contribution in [1.29, 1.82) is 0 Å². The van der Waals surface area contributed by atoms with Crippen molar-refractivity contribution in [3.63, 3.8) is 0 Å². The Labute approximate surface area is 150 Å². The van der Waals surface area contributed by atoms with Crippen LogP contribution in [0.4, 0.5) is 5.69 Å². The van der Waals surface area contributed by atoms with Gasteiger partial charge >= 0.3 is 0 Å². The Morgan fingerprint density at radius 1 is 0.833 bits per heavy atom. The molecule has 0 saturated carbocycles. The Balaban J connectivity index is 1.78. The van der Waals surface area contributed by atoms with Gasteiger partial charge in [0.25, 0.3) is 5.69 Å². The zero-order valence-electron chi connectivity index (χ0n) is 12.2. The second-order valence-corrected chi connectivity index (χ2v) is 8.61. The lowest BCUT2D eigenvalue weighted by Gasteiger charge is -2.06. The average Bonchev–Trinajstić information content (AvgIpc) is 3.24. The largest absolute Gasteiger partial charge is 0.270 e. The van der Waals surface area contributed by atoms with Gasteiger partial charge in [-0.25, -0.2) is 0 Å². The summed E-state index contributed by atoms with van der Waals surface area (Å²) in [5.41, 5.74) is 5.63. The van der Waals surface area contributed by atoms with Crippen LogP contribution in [0.15, 0.2) is 67.3 Å². The molecule has 0 bridgehead atoms. The quantitative estimate of drug-likeness (QED) is 0.294. The molecule has 3 nitrogen and oxygen atoms in total. The molecule has 116 valence electrons. The number of non-ortho nitro benzene ring substituents is 1. The van der Waals surface area contributed by atoms with Crippen LogP contribution in [0.1, 0.15) is 11.1 Å². The van der Waals surface area contributed by atoms with Crippen LogP contribution in [-0.4, -0.2) is 4.92 Å². The van der Waals surface area contributed by atoms with E-state index in [0.29, 0.717) is 0 Å². The predicted octanol–water partition coefficient (Wildman–Crippen LogP) is 6.25. The molecule has 0 fully saturated rings. The van der Waals surface area contributed by atoms with Crippen molar-refractivity contribution in [1.82, 2.24) is 0 Å². The summed E-state index contributed by atoms with van der Waals surface area (Å²) in [4.78, 5) is 13.5. The van der Waals surface area contributed by atoms with Crippen LogP contribution in [0.25, 0.3) is 16.7 Å².